The first-order chi connectivity index (χ1) is 8.18. The van der Waals surface area contributed by atoms with E-state index in [0.717, 1.165) is 26.1 Å². The molecular formula is C12H20N4O. The Labute approximate surface area is 102 Å². The SMILES string of the molecule is CC1CNCCC1CNC(=O)c1cncn1C. The Morgan fingerprint density at radius 1 is 1.71 bits per heavy atom. The van der Waals surface area contributed by atoms with Gasteiger partial charge in [-0.05, 0) is 31.3 Å². The first kappa shape index (κ1) is 12.1. The highest BCUT2D eigenvalue weighted by atomic mass is 16.1. The van der Waals surface area contributed by atoms with Gasteiger partial charge in [0, 0.05) is 13.6 Å². The molecule has 2 rings (SSSR count). The predicted molar refractivity (Wildman–Crippen MR) is 65.7 cm³/mol. The average molecular weight is 236 g/mol. The predicted octanol–water partition coefficient (Wildman–Crippen LogP) is 0.395. The Hall–Kier alpha value is -1.36. The molecule has 1 saturated heterocycles. The van der Waals surface area contributed by atoms with Crippen molar-refractivity contribution in [2.45, 2.75) is 13.3 Å². The number of amides is 1. The van der Waals surface area contributed by atoms with Crippen LogP contribution in [0, 0.1) is 11.8 Å². The van der Waals surface area contributed by atoms with Crippen LogP contribution in [0.2, 0.25) is 0 Å². The van der Waals surface area contributed by atoms with E-state index in [9.17, 15) is 4.79 Å². The quantitative estimate of drug-likeness (QED) is 0.798. The topological polar surface area (TPSA) is 58.9 Å². The van der Waals surface area contributed by atoms with Crippen LogP contribution in [0.1, 0.15) is 23.8 Å². The Kier molecular flexibility index (Phi) is 3.78. The standard InChI is InChI=1S/C12H20N4O/c1-9-5-13-4-3-10(9)6-15-12(17)11-7-14-8-16(11)2/h7-10,13H,3-6H2,1-2H3,(H,15,17). The summed E-state index contributed by atoms with van der Waals surface area (Å²) in [5.41, 5.74) is 0.617. The molecule has 1 fully saturated rings. The number of hydrogen-bond acceptors (Lipinski definition) is 3. The number of aromatic nitrogens is 2. The fourth-order valence-electron chi connectivity index (χ4n) is 2.26. The summed E-state index contributed by atoms with van der Waals surface area (Å²) in [4.78, 5) is 15.8. The lowest BCUT2D eigenvalue weighted by Crippen LogP contribution is -2.41. The zero-order valence-electron chi connectivity index (χ0n) is 10.4. The third-order valence-electron chi connectivity index (χ3n) is 3.54. The van der Waals surface area contributed by atoms with Crippen LogP contribution >= 0.6 is 0 Å². The number of carbonyl (C=O) groups excluding carboxylic acids is 1. The molecule has 0 aliphatic carbocycles. The number of nitrogens with zero attached hydrogens (tertiary/aromatic N) is 2. The van der Waals surface area contributed by atoms with E-state index in [1.165, 1.54) is 0 Å². The Morgan fingerprint density at radius 3 is 3.18 bits per heavy atom. The van der Waals surface area contributed by atoms with Gasteiger partial charge < -0.3 is 15.2 Å². The molecule has 0 radical (unpaired) electrons. The molecule has 1 aromatic heterocycles. The number of rotatable bonds is 3. The lowest BCUT2D eigenvalue weighted by Gasteiger charge is -2.29. The molecular weight excluding hydrogens is 216 g/mol. The van der Waals surface area contributed by atoms with Crippen molar-refractivity contribution in [1.29, 1.82) is 0 Å². The van der Waals surface area contributed by atoms with Gasteiger partial charge in [-0.3, -0.25) is 4.79 Å². The zero-order chi connectivity index (χ0) is 12.3. The maximum absolute atomic E-state index is 11.9. The lowest BCUT2D eigenvalue weighted by molar-refractivity contribution is 0.0930. The van der Waals surface area contributed by atoms with Crippen LogP contribution in [0.15, 0.2) is 12.5 Å². The van der Waals surface area contributed by atoms with Gasteiger partial charge in [0.25, 0.3) is 5.91 Å². The summed E-state index contributed by atoms with van der Waals surface area (Å²) in [7, 11) is 1.83. The fraction of sp³-hybridized carbons (Fsp3) is 0.667. The lowest BCUT2D eigenvalue weighted by atomic mass is 9.88. The van der Waals surface area contributed by atoms with E-state index in [-0.39, 0.29) is 5.91 Å². The molecule has 0 spiro atoms. The maximum atomic E-state index is 11.9. The van der Waals surface area contributed by atoms with Gasteiger partial charge in [0.15, 0.2) is 0 Å². The number of aryl methyl sites for hydroxylation is 1. The van der Waals surface area contributed by atoms with E-state index in [4.69, 9.17) is 0 Å². The van der Waals surface area contributed by atoms with Crippen molar-refractivity contribution in [3.05, 3.63) is 18.2 Å². The van der Waals surface area contributed by atoms with E-state index in [1.807, 2.05) is 7.05 Å². The fourth-order valence-corrected chi connectivity index (χ4v) is 2.26. The molecule has 94 valence electrons. The molecule has 0 saturated carbocycles. The molecule has 1 aliphatic rings. The summed E-state index contributed by atoms with van der Waals surface area (Å²) in [5, 5.41) is 6.36. The Morgan fingerprint density at radius 2 is 2.53 bits per heavy atom. The summed E-state index contributed by atoms with van der Waals surface area (Å²) in [6.07, 6.45) is 4.37. The molecule has 5 heteroatoms. The highest BCUT2D eigenvalue weighted by Crippen LogP contribution is 2.17. The Bertz CT molecular complexity index is 388. The van der Waals surface area contributed by atoms with Crippen molar-refractivity contribution in [3.63, 3.8) is 0 Å². The van der Waals surface area contributed by atoms with Crippen LogP contribution in [0.3, 0.4) is 0 Å². The third-order valence-corrected chi connectivity index (χ3v) is 3.54. The Balaban J connectivity index is 1.86. The molecule has 0 aromatic carbocycles. The van der Waals surface area contributed by atoms with Crippen molar-refractivity contribution < 1.29 is 4.79 Å². The number of piperidine rings is 1. The summed E-state index contributed by atoms with van der Waals surface area (Å²) in [6, 6.07) is 0. The van der Waals surface area contributed by atoms with Crippen molar-refractivity contribution in [1.82, 2.24) is 20.2 Å². The highest BCUT2D eigenvalue weighted by Gasteiger charge is 2.21. The first-order valence-corrected chi connectivity index (χ1v) is 6.13. The normalized spacial score (nSPS) is 24.6. The van der Waals surface area contributed by atoms with Gasteiger partial charge in [-0.15, -0.1) is 0 Å². The summed E-state index contributed by atoms with van der Waals surface area (Å²) in [5.74, 6) is 1.17. The van der Waals surface area contributed by atoms with Crippen LogP contribution in [0.4, 0.5) is 0 Å². The second-order valence-electron chi connectivity index (χ2n) is 4.83. The van der Waals surface area contributed by atoms with Gasteiger partial charge in [0.1, 0.15) is 5.69 Å². The van der Waals surface area contributed by atoms with Gasteiger partial charge in [0.05, 0.1) is 12.5 Å². The van der Waals surface area contributed by atoms with Crippen LogP contribution in [-0.4, -0.2) is 35.1 Å². The van der Waals surface area contributed by atoms with Crippen molar-refractivity contribution in [3.8, 4) is 0 Å². The summed E-state index contributed by atoms with van der Waals surface area (Å²) < 4.78 is 1.74. The molecule has 1 amide bonds. The maximum Gasteiger partial charge on any atom is 0.269 e. The van der Waals surface area contributed by atoms with Gasteiger partial charge in [-0.25, -0.2) is 4.98 Å². The monoisotopic (exact) mass is 236 g/mol. The van der Waals surface area contributed by atoms with E-state index >= 15 is 0 Å². The molecule has 17 heavy (non-hydrogen) atoms. The number of hydrogen-bond donors (Lipinski definition) is 2. The first-order valence-electron chi connectivity index (χ1n) is 6.13. The van der Waals surface area contributed by atoms with Gasteiger partial charge in [0.2, 0.25) is 0 Å². The smallest absolute Gasteiger partial charge is 0.269 e. The van der Waals surface area contributed by atoms with Gasteiger partial charge >= 0.3 is 0 Å². The van der Waals surface area contributed by atoms with Gasteiger partial charge in [-0.2, -0.15) is 0 Å². The van der Waals surface area contributed by atoms with Crippen molar-refractivity contribution >= 4 is 5.91 Å². The minimum Gasteiger partial charge on any atom is -0.350 e. The average Bonchev–Trinajstić information content (AvgIpc) is 2.74. The molecule has 2 atom stereocenters. The van der Waals surface area contributed by atoms with E-state index in [1.54, 1.807) is 17.1 Å². The zero-order valence-corrected chi connectivity index (χ0v) is 10.4. The van der Waals surface area contributed by atoms with E-state index in [0.29, 0.717) is 17.5 Å². The minimum absolute atomic E-state index is 0.0317. The largest absolute Gasteiger partial charge is 0.350 e. The van der Waals surface area contributed by atoms with E-state index < -0.39 is 0 Å². The van der Waals surface area contributed by atoms with Crippen LogP contribution < -0.4 is 10.6 Å². The van der Waals surface area contributed by atoms with Crippen molar-refractivity contribution in [2.24, 2.45) is 18.9 Å². The molecule has 1 aromatic rings. The molecule has 0 bridgehead atoms. The van der Waals surface area contributed by atoms with Crippen LogP contribution in [-0.2, 0) is 7.05 Å². The summed E-state index contributed by atoms with van der Waals surface area (Å²) >= 11 is 0. The number of imidazole rings is 1. The van der Waals surface area contributed by atoms with E-state index in [2.05, 4.69) is 22.5 Å². The number of carbonyl (C=O) groups is 1. The third kappa shape index (κ3) is 2.85. The second kappa shape index (κ2) is 5.31. The van der Waals surface area contributed by atoms with Crippen LogP contribution in [0.25, 0.3) is 0 Å². The minimum atomic E-state index is -0.0317. The molecule has 5 nitrogen and oxygen atoms in total. The molecule has 2 N–H and O–H groups in total. The summed E-state index contributed by atoms with van der Waals surface area (Å²) in [6.45, 7) is 5.09. The molecule has 2 heterocycles. The molecule has 1 aliphatic heterocycles. The molecule has 2 unspecified atom stereocenters. The number of nitrogens with one attached hydrogen (secondary N) is 2. The van der Waals surface area contributed by atoms with Gasteiger partial charge in [-0.1, -0.05) is 6.92 Å². The second-order valence-corrected chi connectivity index (χ2v) is 4.83. The van der Waals surface area contributed by atoms with Crippen molar-refractivity contribution in [2.75, 3.05) is 19.6 Å². The highest BCUT2D eigenvalue weighted by molar-refractivity contribution is 5.92. The van der Waals surface area contributed by atoms with Crippen LogP contribution in [0.5, 0.6) is 0 Å².